The molecule has 2 saturated heterocycles. The molecular weight excluding hydrogens is 568 g/mol. The Labute approximate surface area is 243 Å². The van der Waals surface area contributed by atoms with Crippen molar-refractivity contribution in [3.8, 4) is 0 Å². The number of hydrogen-bond acceptors (Lipinski definition) is 8. The Morgan fingerprint density at radius 1 is 1.05 bits per heavy atom. The standard InChI is InChI=1S/C29H35F2N5O5S/c1-19(18-37)42(39,40)34-21-2-3-22(23(17-21)35-11-7-28(5-6-28)8-12-35)27(38)33-24-16-20-4-15-41-25(20)26(32-24)36-13-9-29(30,31)10-14-36/h2-4,15-17,19,34,37H,5-14,18H2,1H3,(H,32,33,38)/t19-/m1/s1. The Kier molecular flexibility index (Phi) is 7.28. The van der Waals surface area contributed by atoms with Gasteiger partial charge in [-0.3, -0.25) is 9.52 Å². The molecule has 42 heavy (non-hydrogen) atoms. The van der Waals surface area contributed by atoms with Gasteiger partial charge in [-0.05, 0) is 68.4 Å². The summed E-state index contributed by atoms with van der Waals surface area (Å²) in [5, 5.41) is 11.9. The molecule has 1 aliphatic carbocycles. The van der Waals surface area contributed by atoms with E-state index in [0.717, 1.165) is 25.9 Å². The highest BCUT2D eigenvalue weighted by molar-refractivity contribution is 7.93. The summed E-state index contributed by atoms with van der Waals surface area (Å²) in [5.74, 6) is -2.49. The Morgan fingerprint density at radius 3 is 2.40 bits per heavy atom. The van der Waals surface area contributed by atoms with Gasteiger partial charge in [0.15, 0.2) is 11.4 Å². The van der Waals surface area contributed by atoms with Crippen molar-refractivity contribution in [1.82, 2.24) is 4.98 Å². The van der Waals surface area contributed by atoms with Crippen LogP contribution in [0, 0.1) is 5.41 Å². The van der Waals surface area contributed by atoms with E-state index in [0.29, 0.717) is 39.1 Å². The van der Waals surface area contributed by atoms with Crippen LogP contribution in [0.5, 0.6) is 0 Å². The number of sulfonamides is 1. The molecule has 6 rings (SSSR count). The lowest BCUT2D eigenvalue weighted by Gasteiger charge is -2.35. The summed E-state index contributed by atoms with van der Waals surface area (Å²) in [6, 6.07) is 8.18. The molecule has 226 valence electrons. The maximum Gasteiger partial charge on any atom is 0.258 e. The summed E-state index contributed by atoms with van der Waals surface area (Å²) in [6.07, 6.45) is 5.35. The Morgan fingerprint density at radius 2 is 1.74 bits per heavy atom. The van der Waals surface area contributed by atoms with Crippen LogP contribution in [-0.4, -0.2) is 68.4 Å². The molecule has 1 amide bonds. The second-order valence-electron chi connectivity index (χ2n) is 11.8. The third-order valence-corrected chi connectivity index (χ3v) is 10.6. The van der Waals surface area contributed by atoms with E-state index in [1.807, 2.05) is 0 Å². The highest BCUT2D eigenvalue weighted by Gasteiger charge is 2.44. The molecule has 2 aliphatic heterocycles. The molecule has 1 spiro atoms. The summed E-state index contributed by atoms with van der Waals surface area (Å²) in [6.45, 7) is 2.60. The van der Waals surface area contributed by atoms with E-state index in [1.165, 1.54) is 32.1 Å². The van der Waals surface area contributed by atoms with Gasteiger partial charge in [-0.15, -0.1) is 0 Å². The Bertz CT molecular complexity index is 1590. The molecule has 0 radical (unpaired) electrons. The molecule has 13 heteroatoms. The number of piperidine rings is 2. The number of carbonyl (C=O) groups excluding carboxylic acids is 1. The van der Waals surface area contributed by atoms with E-state index in [4.69, 9.17) is 4.42 Å². The van der Waals surface area contributed by atoms with Gasteiger partial charge in [0.2, 0.25) is 10.0 Å². The van der Waals surface area contributed by atoms with E-state index < -0.39 is 33.7 Å². The molecule has 1 atom stereocenters. The number of furan rings is 1. The lowest BCUT2D eigenvalue weighted by molar-refractivity contribution is -0.0221. The van der Waals surface area contributed by atoms with Crippen LogP contribution in [0.3, 0.4) is 0 Å². The number of pyridine rings is 1. The van der Waals surface area contributed by atoms with Gasteiger partial charge in [0.05, 0.1) is 29.8 Å². The number of anilines is 4. The molecule has 1 saturated carbocycles. The van der Waals surface area contributed by atoms with Crippen LogP contribution in [0.4, 0.5) is 31.8 Å². The zero-order valence-corrected chi connectivity index (χ0v) is 24.2. The minimum atomic E-state index is -3.83. The van der Waals surface area contributed by atoms with Crippen molar-refractivity contribution >= 4 is 49.9 Å². The summed E-state index contributed by atoms with van der Waals surface area (Å²) < 4.78 is 61.0. The first-order valence-electron chi connectivity index (χ1n) is 14.3. The van der Waals surface area contributed by atoms with E-state index in [-0.39, 0.29) is 31.7 Å². The van der Waals surface area contributed by atoms with Crippen LogP contribution in [0.15, 0.2) is 41.0 Å². The molecule has 0 bridgehead atoms. The SMILES string of the molecule is C[C@H](CO)S(=O)(=O)Nc1ccc(C(=O)Nc2cc3ccoc3c(N3CCC(F)(F)CC3)n2)c(N2CCC3(CC2)CC3)c1. The number of benzene rings is 1. The number of alkyl halides is 2. The van der Waals surface area contributed by atoms with E-state index in [2.05, 4.69) is 19.9 Å². The highest BCUT2D eigenvalue weighted by atomic mass is 32.2. The average molecular weight is 604 g/mol. The van der Waals surface area contributed by atoms with E-state index in [1.54, 1.807) is 29.2 Å². The molecule has 3 N–H and O–H groups in total. The average Bonchev–Trinajstić information content (AvgIpc) is 3.53. The number of rotatable bonds is 8. The number of aliphatic hydroxyl groups is 1. The molecular formula is C29H35F2N5O5S. The molecule has 3 aromatic rings. The van der Waals surface area contributed by atoms with Crippen LogP contribution in [0.1, 0.15) is 55.8 Å². The third kappa shape index (κ3) is 5.76. The zero-order chi connectivity index (χ0) is 29.7. The number of amides is 1. The molecule has 10 nitrogen and oxygen atoms in total. The smallest absolute Gasteiger partial charge is 0.258 e. The summed E-state index contributed by atoms with van der Waals surface area (Å²) in [7, 11) is -3.83. The predicted octanol–water partition coefficient (Wildman–Crippen LogP) is 4.82. The highest BCUT2D eigenvalue weighted by Crippen LogP contribution is 2.54. The van der Waals surface area contributed by atoms with Crippen molar-refractivity contribution in [2.45, 2.75) is 56.6 Å². The van der Waals surface area contributed by atoms with Crippen molar-refractivity contribution < 1.29 is 31.5 Å². The zero-order valence-electron chi connectivity index (χ0n) is 23.4. The number of carbonyl (C=O) groups is 1. The second-order valence-corrected chi connectivity index (χ2v) is 13.9. The number of nitrogens with zero attached hydrogens (tertiary/aromatic N) is 3. The number of hydrogen-bond donors (Lipinski definition) is 3. The van der Waals surface area contributed by atoms with Gasteiger partial charge in [0, 0.05) is 44.4 Å². The van der Waals surface area contributed by atoms with Crippen LogP contribution in [-0.2, 0) is 10.0 Å². The molecule has 3 aliphatic rings. The fourth-order valence-corrected chi connectivity index (χ4v) is 6.63. The normalized spacial score (nSPS) is 20.5. The number of aliphatic hydroxyl groups excluding tert-OH is 1. The first-order valence-corrected chi connectivity index (χ1v) is 15.9. The second kappa shape index (κ2) is 10.7. The maximum absolute atomic E-state index is 13.8. The minimum Gasteiger partial charge on any atom is -0.460 e. The van der Waals surface area contributed by atoms with Crippen molar-refractivity contribution in [1.29, 1.82) is 0 Å². The fourth-order valence-electron chi connectivity index (χ4n) is 5.78. The fraction of sp³-hybridized carbons (Fsp3) is 0.517. The summed E-state index contributed by atoms with van der Waals surface area (Å²) >= 11 is 0. The number of halogens is 2. The first-order chi connectivity index (χ1) is 20.0. The van der Waals surface area contributed by atoms with Gasteiger partial charge in [0.1, 0.15) is 11.1 Å². The number of nitrogens with one attached hydrogen (secondary N) is 2. The Hall–Kier alpha value is -3.45. The van der Waals surface area contributed by atoms with E-state index in [9.17, 15) is 27.1 Å². The van der Waals surface area contributed by atoms with Gasteiger partial charge < -0.3 is 24.6 Å². The van der Waals surface area contributed by atoms with Gasteiger partial charge in [-0.1, -0.05) is 0 Å². The lowest BCUT2D eigenvalue weighted by atomic mass is 9.93. The molecule has 0 unspecified atom stereocenters. The molecule has 2 aromatic heterocycles. The number of aromatic nitrogens is 1. The molecule has 3 fully saturated rings. The van der Waals surface area contributed by atoms with Crippen molar-refractivity contribution in [3.05, 3.63) is 42.2 Å². The van der Waals surface area contributed by atoms with Crippen LogP contribution in [0.25, 0.3) is 11.0 Å². The van der Waals surface area contributed by atoms with Gasteiger partial charge in [-0.2, -0.15) is 0 Å². The topological polar surface area (TPSA) is 128 Å². The van der Waals surface area contributed by atoms with Crippen molar-refractivity contribution in [2.75, 3.05) is 52.6 Å². The van der Waals surface area contributed by atoms with Gasteiger partial charge >= 0.3 is 0 Å². The first kappa shape index (κ1) is 28.7. The summed E-state index contributed by atoms with van der Waals surface area (Å²) in [5.41, 5.74) is 2.12. The van der Waals surface area contributed by atoms with Gasteiger partial charge in [0.25, 0.3) is 11.8 Å². The lowest BCUT2D eigenvalue weighted by Crippen LogP contribution is -2.39. The van der Waals surface area contributed by atoms with Crippen LogP contribution in [0.2, 0.25) is 0 Å². The summed E-state index contributed by atoms with van der Waals surface area (Å²) in [4.78, 5) is 22.2. The van der Waals surface area contributed by atoms with Crippen molar-refractivity contribution in [3.63, 3.8) is 0 Å². The monoisotopic (exact) mass is 603 g/mol. The maximum atomic E-state index is 13.8. The number of fused-ring (bicyclic) bond motifs is 1. The van der Waals surface area contributed by atoms with Gasteiger partial charge in [-0.25, -0.2) is 22.2 Å². The minimum absolute atomic E-state index is 0.111. The predicted molar refractivity (Wildman–Crippen MR) is 157 cm³/mol. The third-order valence-electron chi connectivity index (χ3n) is 8.86. The Balaban J connectivity index is 1.29. The molecule has 4 heterocycles. The van der Waals surface area contributed by atoms with Crippen LogP contribution >= 0.6 is 0 Å². The van der Waals surface area contributed by atoms with E-state index >= 15 is 0 Å². The van der Waals surface area contributed by atoms with Crippen molar-refractivity contribution in [2.24, 2.45) is 5.41 Å². The van der Waals surface area contributed by atoms with Crippen LogP contribution < -0.4 is 19.8 Å². The quantitative estimate of drug-likeness (QED) is 0.335. The largest absolute Gasteiger partial charge is 0.460 e. The molecule has 1 aromatic carbocycles.